The highest BCUT2D eigenvalue weighted by atomic mass is 16.3. The lowest BCUT2D eigenvalue weighted by atomic mass is 9.89. The number of phenols is 1. The summed E-state index contributed by atoms with van der Waals surface area (Å²) >= 11 is 0. The maximum absolute atomic E-state index is 9.50. The standard InChI is InChI=1S/C13H15NO/c14-10-3-1-8-5-9-2-4-11(15)7-13(9)12(8)6-10/h2,4,7,10,15H,1,3,5-6,14H2. The first kappa shape index (κ1) is 8.98. The van der Waals surface area contributed by atoms with E-state index < -0.39 is 0 Å². The van der Waals surface area contributed by atoms with Crippen LogP contribution < -0.4 is 5.73 Å². The lowest BCUT2D eigenvalue weighted by Gasteiger charge is -2.20. The molecule has 2 aliphatic carbocycles. The van der Waals surface area contributed by atoms with Crippen molar-refractivity contribution < 1.29 is 5.11 Å². The van der Waals surface area contributed by atoms with Gasteiger partial charge >= 0.3 is 0 Å². The fourth-order valence-electron chi connectivity index (χ4n) is 2.74. The van der Waals surface area contributed by atoms with Crippen molar-refractivity contribution >= 4 is 5.57 Å². The molecule has 2 heteroatoms. The number of hydrogen-bond acceptors (Lipinski definition) is 2. The molecule has 0 spiro atoms. The second-order valence-corrected chi connectivity index (χ2v) is 4.60. The van der Waals surface area contributed by atoms with Gasteiger partial charge in [-0.25, -0.2) is 0 Å². The van der Waals surface area contributed by atoms with Gasteiger partial charge in [0.2, 0.25) is 0 Å². The van der Waals surface area contributed by atoms with Crippen LogP contribution in [0.5, 0.6) is 5.75 Å². The zero-order valence-corrected chi connectivity index (χ0v) is 8.66. The molecule has 0 radical (unpaired) electrons. The fraction of sp³-hybridized carbons (Fsp3) is 0.385. The first-order valence-corrected chi connectivity index (χ1v) is 5.53. The fourth-order valence-corrected chi connectivity index (χ4v) is 2.74. The largest absolute Gasteiger partial charge is 0.508 e. The molecule has 1 aromatic carbocycles. The van der Waals surface area contributed by atoms with Gasteiger partial charge in [-0.15, -0.1) is 0 Å². The van der Waals surface area contributed by atoms with E-state index in [1.807, 2.05) is 12.1 Å². The van der Waals surface area contributed by atoms with Crippen LogP contribution in [0.2, 0.25) is 0 Å². The van der Waals surface area contributed by atoms with Gasteiger partial charge in [0.15, 0.2) is 0 Å². The molecule has 0 heterocycles. The number of benzene rings is 1. The van der Waals surface area contributed by atoms with Crippen LogP contribution in [0, 0.1) is 0 Å². The van der Waals surface area contributed by atoms with E-state index in [9.17, 15) is 5.11 Å². The van der Waals surface area contributed by atoms with Crippen molar-refractivity contribution in [1.29, 1.82) is 0 Å². The van der Waals surface area contributed by atoms with E-state index in [0.29, 0.717) is 11.8 Å². The Bertz CT molecular complexity index is 448. The van der Waals surface area contributed by atoms with E-state index in [0.717, 1.165) is 25.7 Å². The molecule has 0 aliphatic heterocycles. The molecule has 2 aliphatic rings. The summed E-state index contributed by atoms with van der Waals surface area (Å²) in [6.45, 7) is 0. The van der Waals surface area contributed by atoms with E-state index >= 15 is 0 Å². The summed E-state index contributed by atoms with van der Waals surface area (Å²) < 4.78 is 0. The quantitative estimate of drug-likeness (QED) is 0.676. The van der Waals surface area contributed by atoms with Crippen molar-refractivity contribution in [2.24, 2.45) is 5.73 Å². The molecule has 15 heavy (non-hydrogen) atoms. The average Bonchev–Trinajstić information content (AvgIpc) is 2.56. The van der Waals surface area contributed by atoms with Gasteiger partial charge in [0.1, 0.15) is 5.75 Å². The van der Waals surface area contributed by atoms with E-state index in [-0.39, 0.29) is 0 Å². The first-order valence-electron chi connectivity index (χ1n) is 5.53. The zero-order valence-electron chi connectivity index (χ0n) is 8.66. The third-order valence-electron chi connectivity index (χ3n) is 3.53. The summed E-state index contributed by atoms with van der Waals surface area (Å²) in [7, 11) is 0. The molecule has 0 bridgehead atoms. The number of hydrogen-bond donors (Lipinski definition) is 2. The lowest BCUT2D eigenvalue weighted by Crippen LogP contribution is -2.23. The molecular formula is C13H15NO. The molecule has 3 N–H and O–H groups in total. The predicted octanol–water partition coefficient (Wildman–Crippen LogP) is 2.21. The van der Waals surface area contributed by atoms with Gasteiger partial charge < -0.3 is 10.8 Å². The van der Waals surface area contributed by atoms with Crippen molar-refractivity contribution in [3.8, 4) is 5.75 Å². The number of allylic oxidation sites excluding steroid dienone is 1. The Kier molecular flexibility index (Phi) is 1.86. The smallest absolute Gasteiger partial charge is 0.116 e. The van der Waals surface area contributed by atoms with Gasteiger partial charge in [-0.05, 0) is 54.5 Å². The molecule has 2 nitrogen and oxygen atoms in total. The molecule has 1 aromatic rings. The minimum Gasteiger partial charge on any atom is -0.508 e. The second-order valence-electron chi connectivity index (χ2n) is 4.60. The van der Waals surface area contributed by atoms with Crippen molar-refractivity contribution in [2.45, 2.75) is 31.7 Å². The number of nitrogens with two attached hydrogens (primary N) is 1. The molecular weight excluding hydrogens is 186 g/mol. The van der Waals surface area contributed by atoms with Crippen LogP contribution in [0.4, 0.5) is 0 Å². The van der Waals surface area contributed by atoms with Crippen molar-refractivity contribution in [1.82, 2.24) is 0 Å². The molecule has 1 unspecified atom stereocenters. The Balaban J connectivity index is 2.08. The van der Waals surface area contributed by atoms with E-state index in [1.165, 1.54) is 22.3 Å². The molecule has 1 atom stereocenters. The topological polar surface area (TPSA) is 46.2 Å². The third kappa shape index (κ3) is 1.37. The predicted molar refractivity (Wildman–Crippen MR) is 60.6 cm³/mol. The van der Waals surface area contributed by atoms with Crippen molar-refractivity contribution in [2.75, 3.05) is 0 Å². The van der Waals surface area contributed by atoms with Crippen LogP contribution >= 0.6 is 0 Å². The van der Waals surface area contributed by atoms with Crippen molar-refractivity contribution in [3.05, 3.63) is 34.9 Å². The summed E-state index contributed by atoms with van der Waals surface area (Å²) in [4.78, 5) is 0. The molecule has 0 saturated heterocycles. The Morgan fingerprint density at radius 3 is 3.07 bits per heavy atom. The van der Waals surface area contributed by atoms with Crippen LogP contribution in [0.1, 0.15) is 30.4 Å². The van der Waals surface area contributed by atoms with Gasteiger partial charge in [0.25, 0.3) is 0 Å². The number of rotatable bonds is 0. The van der Waals surface area contributed by atoms with Gasteiger partial charge in [0.05, 0.1) is 0 Å². The SMILES string of the molecule is NC1CCC2=C(C1)c1cc(O)ccc1C2. The van der Waals surface area contributed by atoms with Crippen molar-refractivity contribution in [3.63, 3.8) is 0 Å². The summed E-state index contributed by atoms with van der Waals surface area (Å²) in [6.07, 6.45) is 4.29. The highest BCUT2D eigenvalue weighted by Gasteiger charge is 2.26. The first-order chi connectivity index (χ1) is 7.24. The maximum atomic E-state index is 9.50. The number of phenolic OH excluding ortho intramolecular Hbond substituents is 1. The Labute approximate surface area is 89.4 Å². The Hall–Kier alpha value is -1.28. The Morgan fingerprint density at radius 1 is 1.33 bits per heavy atom. The third-order valence-corrected chi connectivity index (χ3v) is 3.53. The molecule has 0 fully saturated rings. The van der Waals surface area contributed by atoms with Crippen LogP contribution in [0.15, 0.2) is 23.8 Å². The molecule has 0 saturated carbocycles. The molecule has 0 amide bonds. The normalized spacial score (nSPS) is 23.9. The highest BCUT2D eigenvalue weighted by Crippen LogP contribution is 2.42. The summed E-state index contributed by atoms with van der Waals surface area (Å²) in [5.41, 5.74) is 11.5. The van der Waals surface area contributed by atoms with Crippen LogP contribution in [-0.4, -0.2) is 11.1 Å². The number of aromatic hydroxyl groups is 1. The minimum atomic E-state index is 0.303. The lowest BCUT2D eigenvalue weighted by molar-refractivity contribution is 0.475. The van der Waals surface area contributed by atoms with Gasteiger partial charge in [0, 0.05) is 6.04 Å². The highest BCUT2D eigenvalue weighted by molar-refractivity contribution is 5.78. The molecule has 3 rings (SSSR count). The van der Waals surface area contributed by atoms with Gasteiger partial charge in [-0.1, -0.05) is 11.6 Å². The average molecular weight is 201 g/mol. The van der Waals surface area contributed by atoms with E-state index in [2.05, 4.69) is 0 Å². The maximum Gasteiger partial charge on any atom is 0.116 e. The van der Waals surface area contributed by atoms with E-state index in [1.54, 1.807) is 6.07 Å². The Morgan fingerprint density at radius 2 is 2.20 bits per heavy atom. The van der Waals surface area contributed by atoms with Crippen LogP contribution in [-0.2, 0) is 6.42 Å². The van der Waals surface area contributed by atoms with Gasteiger partial charge in [-0.2, -0.15) is 0 Å². The summed E-state index contributed by atoms with van der Waals surface area (Å²) in [6, 6.07) is 6.00. The van der Waals surface area contributed by atoms with Crippen LogP contribution in [0.25, 0.3) is 5.57 Å². The minimum absolute atomic E-state index is 0.303. The monoisotopic (exact) mass is 201 g/mol. The molecule has 78 valence electrons. The van der Waals surface area contributed by atoms with Gasteiger partial charge in [-0.3, -0.25) is 0 Å². The number of fused-ring (bicyclic) bond motifs is 2. The second kappa shape index (κ2) is 3.11. The zero-order chi connectivity index (χ0) is 10.4. The molecule has 0 aromatic heterocycles. The van der Waals surface area contributed by atoms with E-state index in [4.69, 9.17) is 5.73 Å². The van der Waals surface area contributed by atoms with Crippen LogP contribution in [0.3, 0.4) is 0 Å². The summed E-state index contributed by atoms with van der Waals surface area (Å²) in [5, 5.41) is 9.50. The summed E-state index contributed by atoms with van der Waals surface area (Å²) in [5.74, 6) is 0.363.